The smallest absolute Gasteiger partial charge is 0.251 e. The van der Waals surface area contributed by atoms with Crippen LogP contribution in [0.1, 0.15) is 11.3 Å². The summed E-state index contributed by atoms with van der Waals surface area (Å²) in [6, 6.07) is 4.69. The zero-order chi connectivity index (χ0) is 14.7. The Labute approximate surface area is 116 Å². The maximum absolute atomic E-state index is 12.1. The van der Waals surface area contributed by atoms with Crippen LogP contribution in [0.4, 0.5) is 5.69 Å². The Balaban J connectivity index is 2.06. The van der Waals surface area contributed by atoms with Crippen molar-refractivity contribution in [3.05, 3.63) is 52.3 Å². The average Bonchev–Trinajstić information content (AvgIpc) is 2.79. The molecular formula is C14H17N3O3. The lowest BCUT2D eigenvalue weighted by molar-refractivity contribution is -0.131. The first kappa shape index (κ1) is 13.9. The number of nitrogen functional groups attached to an aromatic ring is 1. The summed E-state index contributed by atoms with van der Waals surface area (Å²) in [6.45, 7) is 2.26. The molecule has 0 spiro atoms. The van der Waals surface area contributed by atoms with Crippen LogP contribution in [0, 0.1) is 6.92 Å². The van der Waals surface area contributed by atoms with Crippen LogP contribution in [0.15, 0.2) is 39.9 Å². The quantitative estimate of drug-likeness (QED) is 0.902. The molecule has 2 aromatic heterocycles. The third kappa shape index (κ3) is 3.09. The summed E-state index contributed by atoms with van der Waals surface area (Å²) in [7, 11) is 1.69. The Hall–Kier alpha value is -2.50. The molecule has 1 amide bonds. The van der Waals surface area contributed by atoms with Crippen molar-refractivity contribution in [3.8, 4) is 0 Å². The fourth-order valence-corrected chi connectivity index (χ4v) is 1.86. The lowest BCUT2D eigenvalue weighted by Gasteiger charge is -2.17. The molecule has 0 bridgehead atoms. The molecule has 106 valence electrons. The van der Waals surface area contributed by atoms with Gasteiger partial charge in [-0.2, -0.15) is 0 Å². The van der Waals surface area contributed by atoms with Gasteiger partial charge in [0.05, 0.1) is 6.26 Å². The highest BCUT2D eigenvalue weighted by Gasteiger charge is 2.13. The lowest BCUT2D eigenvalue weighted by atomic mass is 10.2. The Morgan fingerprint density at radius 2 is 2.15 bits per heavy atom. The normalized spacial score (nSPS) is 10.5. The summed E-state index contributed by atoms with van der Waals surface area (Å²) >= 11 is 0. The topological polar surface area (TPSA) is 81.5 Å². The van der Waals surface area contributed by atoms with Crippen LogP contribution in [0.2, 0.25) is 0 Å². The van der Waals surface area contributed by atoms with Gasteiger partial charge in [0.2, 0.25) is 5.91 Å². The number of likely N-dealkylation sites (N-methyl/N-ethyl adjacent to an activating group) is 1. The molecule has 0 saturated carbocycles. The van der Waals surface area contributed by atoms with Crippen molar-refractivity contribution in [2.45, 2.75) is 20.0 Å². The summed E-state index contributed by atoms with van der Waals surface area (Å²) in [5.74, 6) is 0.615. The minimum absolute atomic E-state index is 0.0305. The third-order valence-electron chi connectivity index (χ3n) is 3.11. The number of hydrogen-bond donors (Lipinski definition) is 1. The van der Waals surface area contributed by atoms with E-state index in [0.717, 1.165) is 11.3 Å². The van der Waals surface area contributed by atoms with Crippen LogP contribution in [0.3, 0.4) is 0 Å². The van der Waals surface area contributed by atoms with Crippen molar-refractivity contribution in [1.29, 1.82) is 0 Å². The maximum Gasteiger partial charge on any atom is 0.251 e. The van der Waals surface area contributed by atoms with Crippen LogP contribution >= 0.6 is 0 Å². The van der Waals surface area contributed by atoms with Crippen molar-refractivity contribution in [2.75, 3.05) is 12.8 Å². The molecule has 0 fully saturated rings. The van der Waals surface area contributed by atoms with Crippen LogP contribution in [-0.2, 0) is 17.9 Å². The van der Waals surface area contributed by atoms with Crippen molar-refractivity contribution in [3.63, 3.8) is 0 Å². The van der Waals surface area contributed by atoms with Crippen molar-refractivity contribution in [1.82, 2.24) is 9.47 Å². The predicted molar refractivity (Wildman–Crippen MR) is 75.0 cm³/mol. The summed E-state index contributed by atoms with van der Waals surface area (Å²) in [5.41, 5.74) is 6.76. The van der Waals surface area contributed by atoms with E-state index in [1.165, 1.54) is 22.9 Å². The lowest BCUT2D eigenvalue weighted by Crippen LogP contribution is -2.33. The van der Waals surface area contributed by atoms with E-state index in [1.54, 1.807) is 18.2 Å². The number of nitrogens with two attached hydrogens (primary N) is 1. The number of anilines is 1. The van der Waals surface area contributed by atoms with Crippen LogP contribution in [0.5, 0.6) is 0 Å². The number of pyridine rings is 1. The minimum atomic E-state index is -0.250. The molecule has 6 heteroatoms. The second kappa shape index (κ2) is 5.64. The highest BCUT2D eigenvalue weighted by molar-refractivity contribution is 5.75. The van der Waals surface area contributed by atoms with Crippen LogP contribution < -0.4 is 11.3 Å². The van der Waals surface area contributed by atoms with Crippen LogP contribution in [-0.4, -0.2) is 22.4 Å². The molecule has 0 aliphatic rings. The number of hydrogen-bond acceptors (Lipinski definition) is 4. The van der Waals surface area contributed by atoms with Gasteiger partial charge in [0, 0.05) is 37.1 Å². The second-order valence-corrected chi connectivity index (χ2v) is 4.68. The Bertz CT molecular complexity index is 672. The van der Waals surface area contributed by atoms with Crippen molar-refractivity contribution < 1.29 is 9.21 Å². The minimum Gasteiger partial charge on any atom is -0.469 e. The molecule has 0 saturated heterocycles. The summed E-state index contributed by atoms with van der Waals surface area (Å²) in [6.07, 6.45) is 3.06. The van der Waals surface area contributed by atoms with Gasteiger partial charge >= 0.3 is 0 Å². The molecule has 2 rings (SSSR count). The van der Waals surface area contributed by atoms with Gasteiger partial charge in [-0.3, -0.25) is 9.59 Å². The van der Waals surface area contributed by atoms with Gasteiger partial charge in [-0.25, -0.2) is 0 Å². The standard InChI is InChI=1S/C14H17N3O3/c1-10-11(5-6-20-10)7-16(2)14(19)9-17-8-12(15)3-4-13(17)18/h3-6,8H,7,9,15H2,1-2H3. The van der Waals surface area contributed by atoms with Crippen molar-refractivity contribution in [2.24, 2.45) is 0 Å². The first-order valence-corrected chi connectivity index (χ1v) is 6.20. The van der Waals surface area contributed by atoms with E-state index in [9.17, 15) is 9.59 Å². The molecule has 6 nitrogen and oxygen atoms in total. The molecular weight excluding hydrogens is 258 g/mol. The Kier molecular flexibility index (Phi) is 3.93. The van der Waals surface area contributed by atoms with E-state index < -0.39 is 0 Å². The molecule has 20 heavy (non-hydrogen) atoms. The number of amides is 1. The van der Waals surface area contributed by atoms with Gasteiger partial charge in [-0.1, -0.05) is 0 Å². The summed E-state index contributed by atoms with van der Waals surface area (Å²) in [4.78, 5) is 25.3. The molecule has 0 atom stereocenters. The fraction of sp³-hybridized carbons (Fsp3) is 0.286. The predicted octanol–water partition coefficient (Wildman–Crippen LogP) is 0.991. The summed E-state index contributed by atoms with van der Waals surface area (Å²) < 4.78 is 6.49. The first-order chi connectivity index (χ1) is 9.47. The zero-order valence-corrected chi connectivity index (χ0v) is 11.5. The number of carbonyl (C=O) groups excluding carboxylic acids is 1. The molecule has 2 aromatic rings. The van der Waals surface area contributed by atoms with Gasteiger partial charge < -0.3 is 19.6 Å². The van der Waals surface area contributed by atoms with Gasteiger partial charge in [0.15, 0.2) is 0 Å². The van der Waals surface area contributed by atoms with E-state index in [1.807, 2.05) is 13.0 Å². The van der Waals surface area contributed by atoms with E-state index in [-0.39, 0.29) is 18.0 Å². The number of aryl methyl sites for hydroxylation is 1. The Morgan fingerprint density at radius 3 is 2.80 bits per heavy atom. The first-order valence-electron chi connectivity index (χ1n) is 6.20. The van der Waals surface area contributed by atoms with Crippen molar-refractivity contribution >= 4 is 11.6 Å². The zero-order valence-electron chi connectivity index (χ0n) is 11.5. The molecule has 0 unspecified atom stereocenters. The molecule has 0 aliphatic heterocycles. The van der Waals surface area contributed by atoms with Gasteiger partial charge in [-0.05, 0) is 19.1 Å². The SMILES string of the molecule is Cc1occc1CN(C)C(=O)Cn1cc(N)ccc1=O. The number of furan rings is 1. The number of nitrogens with zero attached hydrogens (tertiary/aromatic N) is 2. The maximum atomic E-state index is 12.1. The van der Waals surface area contributed by atoms with Crippen LogP contribution in [0.25, 0.3) is 0 Å². The molecule has 0 aromatic carbocycles. The Morgan fingerprint density at radius 1 is 1.40 bits per heavy atom. The highest BCUT2D eigenvalue weighted by atomic mass is 16.3. The van der Waals surface area contributed by atoms with E-state index in [2.05, 4.69) is 0 Å². The van der Waals surface area contributed by atoms with Gasteiger partial charge in [0.1, 0.15) is 12.3 Å². The highest BCUT2D eigenvalue weighted by Crippen LogP contribution is 2.11. The summed E-state index contributed by atoms with van der Waals surface area (Å²) in [5, 5.41) is 0. The fourth-order valence-electron chi connectivity index (χ4n) is 1.86. The number of aromatic nitrogens is 1. The molecule has 2 heterocycles. The number of rotatable bonds is 4. The second-order valence-electron chi connectivity index (χ2n) is 4.68. The average molecular weight is 275 g/mol. The monoisotopic (exact) mass is 275 g/mol. The molecule has 2 N–H and O–H groups in total. The van der Waals surface area contributed by atoms with E-state index >= 15 is 0 Å². The van der Waals surface area contributed by atoms with Gasteiger partial charge in [0.25, 0.3) is 5.56 Å². The molecule has 0 aliphatic carbocycles. The van der Waals surface area contributed by atoms with Gasteiger partial charge in [-0.15, -0.1) is 0 Å². The third-order valence-corrected chi connectivity index (χ3v) is 3.11. The molecule has 0 radical (unpaired) electrons. The largest absolute Gasteiger partial charge is 0.469 e. The van der Waals surface area contributed by atoms with E-state index in [0.29, 0.717) is 12.2 Å². The number of carbonyl (C=O) groups is 1. The van der Waals surface area contributed by atoms with E-state index in [4.69, 9.17) is 10.2 Å².